The lowest BCUT2D eigenvalue weighted by atomic mass is 9.66. The van der Waals surface area contributed by atoms with E-state index in [0.29, 0.717) is 0 Å². The van der Waals surface area contributed by atoms with Crippen LogP contribution >= 0.6 is 0 Å². The van der Waals surface area contributed by atoms with Crippen LogP contribution in [0.4, 0.5) is 0 Å². The molecule has 0 aliphatic heterocycles. The van der Waals surface area contributed by atoms with Crippen molar-refractivity contribution in [3.63, 3.8) is 0 Å². The van der Waals surface area contributed by atoms with Crippen LogP contribution in [0.25, 0.3) is 55.9 Å². The number of aromatic nitrogens is 2. The van der Waals surface area contributed by atoms with Crippen LogP contribution in [0.5, 0.6) is 0 Å². The Morgan fingerprint density at radius 2 is 0.642 bits per heavy atom. The number of pyridine rings is 2. The number of fused-ring (bicyclic) bond motifs is 3. The van der Waals surface area contributed by atoms with Crippen LogP contribution in [0.15, 0.2) is 194 Å². The number of unbranched alkanes of at least 4 members (excludes halogenated alkanes) is 1. The van der Waals surface area contributed by atoms with Crippen molar-refractivity contribution in [3.05, 3.63) is 217 Å². The van der Waals surface area contributed by atoms with E-state index in [0.717, 1.165) is 22.5 Å². The Morgan fingerprint density at radius 3 is 0.925 bits per heavy atom. The molecule has 0 fully saturated rings. The van der Waals surface area contributed by atoms with Crippen LogP contribution in [0.2, 0.25) is 0 Å². The minimum absolute atomic E-state index is 0.699. The lowest BCUT2D eigenvalue weighted by Crippen LogP contribution is -2.29. The van der Waals surface area contributed by atoms with Crippen molar-refractivity contribution in [3.8, 4) is 55.9 Å². The molecule has 1 aliphatic carbocycles. The summed E-state index contributed by atoms with van der Waals surface area (Å²) < 4.78 is 0. The average Bonchev–Trinajstić information content (AvgIpc) is 3.56. The van der Waals surface area contributed by atoms with Gasteiger partial charge in [-0.3, -0.25) is 9.97 Å². The lowest BCUT2D eigenvalue weighted by Gasteiger charge is -2.35. The highest BCUT2D eigenvalue weighted by molar-refractivity contribution is 5.86. The van der Waals surface area contributed by atoms with Crippen LogP contribution in [-0.2, 0) is 5.41 Å². The summed E-state index contributed by atoms with van der Waals surface area (Å²) in [6.45, 7) is 4.36. The Kier molecular flexibility index (Phi) is 9.60. The normalized spacial score (nSPS) is 12.3. The molecule has 9 rings (SSSR count). The van der Waals surface area contributed by atoms with Crippen LogP contribution in [0, 0.1) is 0 Å². The molecule has 0 saturated heterocycles. The molecular formula is C51H42N2. The van der Waals surface area contributed by atoms with Gasteiger partial charge in [-0.1, -0.05) is 160 Å². The lowest BCUT2D eigenvalue weighted by molar-refractivity contribution is 0.766. The smallest absolute Gasteiger partial charge is 0.0937 e. The molecule has 2 nitrogen and oxygen atoms in total. The van der Waals surface area contributed by atoms with Gasteiger partial charge in [0.25, 0.3) is 0 Å². The second-order valence-corrected chi connectivity index (χ2v) is 13.6. The van der Waals surface area contributed by atoms with Crippen molar-refractivity contribution in [1.82, 2.24) is 9.97 Å². The van der Waals surface area contributed by atoms with Crippen molar-refractivity contribution in [1.29, 1.82) is 0 Å². The van der Waals surface area contributed by atoms with Crippen molar-refractivity contribution in [2.75, 3.05) is 0 Å². The van der Waals surface area contributed by atoms with Crippen LogP contribution < -0.4 is 0 Å². The number of hydrogen-bond donors (Lipinski definition) is 0. The molecule has 0 bridgehead atoms. The first-order valence-corrected chi connectivity index (χ1v) is 18.6. The van der Waals surface area contributed by atoms with Crippen LogP contribution in [0.1, 0.15) is 48.9 Å². The van der Waals surface area contributed by atoms with E-state index in [4.69, 9.17) is 9.97 Å². The van der Waals surface area contributed by atoms with E-state index in [1.54, 1.807) is 0 Å². The van der Waals surface area contributed by atoms with Crippen LogP contribution in [-0.4, -0.2) is 9.97 Å². The molecule has 2 heteroatoms. The maximum Gasteiger partial charge on any atom is 0.0937 e. The van der Waals surface area contributed by atoms with E-state index in [1.165, 1.54) is 68.5 Å². The third-order valence-corrected chi connectivity index (χ3v) is 10.3. The topological polar surface area (TPSA) is 25.8 Å². The van der Waals surface area contributed by atoms with E-state index >= 15 is 0 Å². The number of rotatable bonds is 7. The number of nitrogens with zero attached hydrogens (tertiary/aromatic N) is 2. The molecule has 256 valence electrons. The van der Waals surface area contributed by atoms with Gasteiger partial charge in [-0.2, -0.15) is 0 Å². The Hall–Kier alpha value is -6.38. The maximum atomic E-state index is 5.01. The van der Waals surface area contributed by atoms with Gasteiger partial charge in [0.2, 0.25) is 0 Å². The van der Waals surface area contributed by atoms with Crippen LogP contribution in [0.3, 0.4) is 0 Å². The Balaban J connectivity index is 0.000000954. The van der Waals surface area contributed by atoms with Crippen molar-refractivity contribution < 1.29 is 0 Å². The zero-order valence-electron chi connectivity index (χ0n) is 30.3. The van der Waals surface area contributed by atoms with Gasteiger partial charge in [0, 0.05) is 12.4 Å². The highest BCUT2D eigenvalue weighted by atomic mass is 14.8. The molecule has 6 aromatic carbocycles. The van der Waals surface area contributed by atoms with E-state index in [9.17, 15) is 0 Å². The fourth-order valence-corrected chi connectivity index (χ4v) is 7.60. The molecule has 2 aromatic heterocycles. The molecule has 0 amide bonds. The molecule has 2 heterocycles. The third kappa shape index (κ3) is 6.38. The van der Waals surface area contributed by atoms with E-state index in [2.05, 4.69) is 196 Å². The minimum atomic E-state index is -0.699. The third-order valence-electron chi connectivity index (χ3n) is 10.3. The standard InChI is InChI=1S/C47H32N2.C4H10/c1-5-15-33(16-6-1)37-27-38(34-17-7-2-8-18-34)30-41(29-37)47(43-23-13-25-48-45(43)46-44(47)24-14-26-49-46)42-31-39(35-19-9-3-10-20-35)28-40(32-42)36-21-11-4-12-22-36;1-3-4-2/h1-32H;3-4H2,1-2H3. The van der Waals surface area contributed by atoms with E-state index < -0.39 is 5.41 Å². The summed E-state index contributed by atoms with van der Waals surface area (Å²) in [5, 5.41) is 0. The number of benzene rings is 6. The first-order chi connectivity index (χ1) is 26.2. The van der Waals surface area contributed by atoms with E-state index in [1.807, 2.05) is 12.4 Å². The molecule has 0 spiro atoms. The molecular weight excluding hydrogens is 641 g/mol. The fourth-order valence-electron chi connectivity index (χ4n) is 7.60. The molecule has 8 aromatic rings. The highest BCUT2D eigenvalue weighted by Gasteiger charge is 2.48. The Labute approximate surface area is 313 Å². The second kappa shape index (κ2) is 15.1. The number of hydrogen-bond acceptors (Lipinski definition) is 2. The van der Waals surface area contributed by atoms with Gasteiger partial charge in [-0.15, -0.1) is 0 Å². The summed E-state index contributed by atoms with van der Waals surface area (Å²) in [6.07, 6.45) is 6.41. The summed E-state index contributed by atoms with van der Waals surface area (Å²) in [5.74, 6) is 0. The quantitative estimate of drug-likeness (QED) is 0.167. The average molecular weight is 683 g/mol. The molecule has 0 N–H and O–H groups in total. The maximum absolute atomic E-state index is 5.01. The molecule has 1 aliphatic rings. The molecule has 0 unspecified atom stereocenters. The molecule has 0 saturated carbocycles. The predicted octanol–water partition coefficient (Wildman–Crippen LogP) is 13.3. The second-order valence-electron chi connectivity index (χ2n) is 13.6. The summed E-state index contributed by atoms with van der Waals surface area (Å²) in [4.78, 5) is 10.0. The van der Waals surface area contributed by atoms with Gasteiger partial charge >= 0.3 is 0 Å². The van der Waals surface area contributed by atoms with Gasteiger partial charge in [-0.05, 0) is 115 Å². The monoisotopic (exact) mass is 682 g/mol. The van der Waals surface area contributed by atoms with Crippen molar-refractivity contribution in [2.24, 2.45) is 0 Å². The van der Waals surface area contributed by atoms with E-state index in [-0.39, 0.29) is 0 Å². The van der Waals surface area contributed by atoms with Crippen molar-refractivity contribution in [2.45, 2.75) is 32.1 Å². The largest absolute Gasteiger partial charge is 0.254 e. The summed E-state index contributed by atoms with van der Waals surface area (Å²) in [6, 6.07) is 65.6. The zero-order chi connectivity index (χ0) is 36.0. The van der Waals surface area contributed by atoms with Gasteiger partial charge in [0.1, 0.15) is 0 Å². The predicted molar refractivity (Wildman–Crippen MR) is 222 cm³/mol. The highest BCUT2D eigenvalue weighted by Crippen LogP contribution is 2.56. The Bertz CT molecular complexity index is 2160. The molecule has 0 radical (unpaired) electrons. The zero-order valence-corrected chi connectivity index (χ0v) is 30.3. The Morgan fingerprint density at radius 1 is 0.340 bits per heavy atom. The first kappa shape index (κ1) is 33.7. The van der Waals surface area contributed by atoms with Crippen molar-refractivity contribution >= 4 is 0 Å². The molecule has 0 atom stereocenters. The summed E-state index contributed by atoms with van der Waals surface area (Å²) >= 11 is 0. The van der Waals surface area contributed by atoms with Gasteiger partial charge in [0.15, 0.2) is 0 Å². The molecule has 53 heavy (non-hydrogen) atoms. The van der Waals surface area contributed by atoms with Gasteiger partial charge in [0.05, 0.1) is 16.8 Å². The summed E-state index contributed by atoms with van der Waals surface area (Å²) in [5.41, 5.74) is 15.2. The SMILES string of the molecule is CCCC.c1ccc(-c2cc(-c3ccccc3)cc(C3(c4cc(-c5ccccc5)cc(-c5ccccc5)c4)c4cccnc4-c4ncccc43)c2)cc1. The fraction of sp³-hybridized carbons (Fsp3) is 0.0980. The summed E-state index contributed by atoms with van der Waals surface area (Å²) in [7, 11) is 0. The minimum Gasteiger partial charge on any atom is -0.254 e. The van der Waals surface area contributed by atoms with Gasteiger partial charge in [-0.25, -0.2) is 0 Å². The first-order valence-electron chi connectivity index (χ1n) is 18.6. The van der Waals surface area contributed by atoms with Gasteiger partial charge < -0.3 is 0 Å².